The van der Waals surface area contributed by atoms with Gasteiger partial charge in [0.2, 0.25) is 0 Å². The van der Waals surface area contributed by atoms with Gasteiger partial charge >= 0.3 is 0 Å². The van der Waals surface area contributed by atoms with Crippen LogP contribution in [0, 0.1) is 29.0 Å². The quantitative estimate of drug-likeness (QED) is 0.875. The highest BCUT2D eigenvalue weighted by atomic mass is 19.1. The van der Waals surface area contributed by atoms with Crippen molar-refractivity contribution >= 4 is 0 Å². The monoisotopic (exact) mass is 282 g/mol. The molecule has 1 heterocycles. The van der Waals surface area contributed by atoms with E-state index in [4.69, 9.17) is 15.1 Å². The second-order valence-electron chi connectivity index (χ2n) is 4.08. The van der Waals surface area contributed by atoms with Crippen LogP contribution < -0.4 is 4.74 Å². The van der Waals surface area contributed by atoms with E-state index in [1.54, 1.807) is 24.4 Å². The second kappa shape index (κ2) is 7.04. The summed E-state index contributed by atoms with van der Waals surface area (Å²) < 4.78 is 18.7. The average molecular weight is 282 g/mol. The molecule has 4 nitrogen and oxygen atoms in total. The summed E-state index contributed by atoms with van der Waals surface area (Å²) in [7, 11) is 0. The lowest BCUT2D eigenvalue weighted by Gasteiger charge is -2.06. The molecule has 0 amide bonds. The van der Waals surface area contributed by atoms with E-state index in [-0.39, 0.29) is 18.8 Å². The van der Waals surface area contributed by atoms with Crippen molar-refractivity contribution in [3.05, 3.63) is 59.2 Å². The van der Waals surface area contributed by atoms with Crippen LogP contribution in [0.3, 0.4) is 0 Å². The SMILES string of the molecule is N#Cc1cc(COc2cncc(C#CCO)c2)ccc1F. The fourth-order valence-electron chi connectivity index (χ4n) is 1.62. The first-order chi connectivity index (χ1) is 10.2. The Morgan fingerprint density at radius 2 is 2.14 bits per heavy atom. The van der Waals surface area contributed by atoms with Crippen LogP contribution in [0.2, 0.25) is 0 Å². The predicted molar refractivity (Wildman–Crippen MR) is 73.6 cm³/mol. The summed E-state index contributed by atoms with van der Waals surface area (Å²) >= 11 is 0. The molecule has 5 heteroatoms. The molecule has 1 N–H and O–H groups in total. The smallest absolute Gasteiger partial charge is 0.140 e. The summed E-state index contributed by atoms with van der Waals surface area (Å²) in [4.78, 5) is 3.98. The van der Waals surface area contributed by atoms with Crippen molar-refractivity contribution in [2.24, 2.45) is 0 Å². The Morgan fingerprint density at radius 3 is 2.90 bits per heavy atom. The van der Waals surface area contributed by atoms with Gasteiger partial charge in [-0.1, -0.05) is 17.9 Å². The molecule has 0 unspecified atom stereocenters. The molecule has 0 saturated carbocycles. The minimum atomic E-state index is -0.552. The van der Waals surface area contributed by atoms with E-state index in [1.807, 2.05) is 0 Å². The van der Waals surface area contributed by atoms with Crippen molar-refractivity contribution < 1.29 is 14.2 Å². The van der Waals surface area contributed by atoms with Crippen LogP contribution in [0.1, 0.15) is 16.7 Å². The molecule has 2 rings (SSSR count). The molecule has 0 atom stereocenters. The standard InChI is InChI=1S/C16H11FN2O2/c17-16-4-3-13(6-14(16)8-18)11-21-15-7-12(2-1-5-20)9-19-10-15/h3-4,6-7,9-10,20H,5,11H2. The lowest BCUT2D eigenvalue weighted by atomic mass is 10.1. The van der Waals surface area contributed by atoms with Gasteiger partial charge in [-0.3, -0.25) is 4.98 Å². The van der Waals surface area contributed by atoms with Gasteiger partial charge in [0, 0.05) is 11.8 Å². The molecule has 104 valence electrons. The Bertz CT molecular complexity index is 742. The maximum Gasteiger partial charge on any atom is 0.140 e. The van der Waals surface area contributed by atoms with E-state index < -0.39 is 5.82 Å². The zero-order valence-electron chi connectivity index (χ0n) is 11.0. The van der Waals surface area contributed by atoms with Crippen LogP contribution in [-0.2, 0) is 6.61 Å². The number of aliphatic hydroxyl groups is 1. The minimum absolute atomic E-state index is 0.0169. The molecule has 21 heavy (non-hydrogen) atoms. The van der Waals surface area contributed by atoms with Crippen molar-refractivity contribution in [1.82, 2.24) is 4.98 Å². The number of nitrogens with zero attached hydrogens (tertiary/aromatic N) is 2. The zero-order valence-corrected chi connectivity index (χ0v) is 11.0. The number of benzene rings is 1. The number of ether oxygens (including phenoxy) is 1. The highest BCUT2D eigenvalue weighted by Crippen LogP contribution is 2.15. The Kier molecular flexibility index (Phi) is 4.87. The number of hydrogen-bond acceptors (Lipinski definition) is 4. The van der Waals surface area contributed by atoms with Crippen LogP contribution >= 0.6 is 0 Å². The number of nitriles is 1. The van der Waals surface area contributed by atoms with Crippen LogP contribution in [0.15, 0.2) is 36.7 Å². The number of aliphatic hydroxyl groups excluding tert-OH is 1. The highest BCUT2D eigenvalue weighted by molar-refractivity contribution is 5.37. The van der Waals surface area contributed by atoms with Gasteiger partial charge in [-0.2, -0.15) is 5.26 Å². The molecule has 0 fully saturated rings. The van der Waals surface area contributed by atoms with Gasteiger partial charge in [-0.25, -0.2) is 4.39 Å². The molecule has 0 saturated heterocycles. The molecule has 0 aliphatic rings. The van der Waals surface area contributed by atoms with Crippen molar-refractivity contribution in [1.29, 1.82) is 5.26 Å². The summed E-state index contributed by atoms with van der Waals surface area (Å²) in [6.45, 7) is -0.0366. The maximum absolute atomic E-state index is 13.2. The molecule has 0 spiro atoms. The normalized spacial score (nSPS) is 9.38. The number of rotatable bonds is 3. The topological polar surface area (TPSA) is 66.1 Å². The second-order valence-corrected chi connectivity index (χ2v) is 4.08. The third-order valence-corrected chi connectivity index (χ3v) is 2.58. The number of aromatic nitrogens is 1. The van der Waals surface area contributed by atoms with E-state index in [9.17, 15) is 4.39 Å². The summed E-state index contributed by atoms with van der Waals surface area (Å²) in [6, 6.07) is 7.70. The fraction of sp³-hybridized carbons (Fsp3) is 0.125. The number of halogens is 1. The van der Waals surface area contributed by atoms with E-state index in [1.165, 1.54) is 18.3 Å². The predicted octanol–water partition coefficient (Wildman–Crippen LogP) is 2.02. The van der Waals surface area contributed by atoms with Crippen LogP contribution in [-0.4, -0.2) is 16.7 Å². The molecule has 0 radical (unpaired) electrons. The molecule has 0 aliphatic heterocycles. The van der Waals surface area contributed by atoms with Crippen molar-refractivity contribution in [3.63, 3.8) is 0 Å². The molecular weight excluding hydrogens is 271 g/mol. The van der Waals surface area contributed by atoms with Crippen molar-refractivity contribution in [2.45, 2.75) is 6.61 Å². The summed E-state index contributed by atoms with van der Waals surface area (Å²) in [6.07, 6.45) is 3.08. The molecule has 1 aromatic heterocycles. The van der Waals surface area contributed by atoms with Gasteiger partial charge in [-0.05, 0) is 23.8 Å². The average Bonchev–Trinajstić information content (AvgIpc) is 2.52. The van der Waals surface area contributed by atoms with Gasteiger partial charge in [0.05, 0.1) is 11.8 Å². The zero-order chi connectivity index (χ0) is 15.1. The Morgan fingerprint density at radius 1 is 1.29 bits per heavy atom. The molecule has 0 bridgehead atoms. The Hall–Kier alpha value is -2.89. The third-order valence-electron chi connectivity index (χ3n) is 2.58. The van der Waals surface area contributed by atoms with E-state index in [0.717, 1.165) is 0 Å². The first kappa shape index (κ1) is 14.5. The van der Waals surface area contributed by atoms with Gasteiger partial charge < -0.3 is 9.84 Å². The van der Waals surface area contributed by atoms with Crippen molar-refractivity contribution in [3.8, 4) is 23.7 Å². The fourth-order valence-corrected chi connectivity index (χ4v) is 1.62. The number of pyridine rings is 1. The van der Waals surface area contributed by atoms with Crippen LogP contribution in [0.4, 0.5) is 4.39 Å². The van der Waals surface area contributed by atoms with Gasteiger partial charge in [0.1, 0.15) is 30.8 Å². The molecular formula is C16H11FN2O2. The largest absolute Gasteiger partial charge is 0.487 e. The lowest BCUT2D eigenvalue weighted by molar-refractivity contribution is 0.304. The Labute approximate surface area is 121 Å². The lowest BCUT2D eigenvalue weighted by Crippen LogP contribution is -1.98. The maximum atomic E-state index is 13.2. The first-order valence-electron chi connectivity index (χ1n) is 6.09. The minimum Gasteiger partial charge on any atom is -0.487 e. The van der Waals surface area contributed by atoms with Gasteiger partial charge in [-0.15, -0.1) is 0 Å². The van der Waals surface area contributed by atoms with E-state index >= 15 is 0 Å². The number of hydrogen-bond donors (Lipinski definition) is 1. The van der Waals surface area contributed by atoms with Crippen molar-refractivity contribution in [2.75, 3.05) is 6.61 Å². The van der Waals surface area contributed by atoms with Crippen LogP contribution in [0.25, 0.3) is 0 Å². The van der Waals surface area contributed by atoms with Gasteiger partial charge in [0.15, 0.2) is 0 Å². The van der Waals surface area contributed by atoms with E-state index in [2.05, 4.69) is 16.8 Å². The van der Waals surface area contributed by atoms with Gasteiger partial charge in [0.25, 0.3) is 0 Å². The molecule has 2 aromatic rings. The summed E-state index contributed by atoms with van der Waals surface area (Å²) in [5, 5.41) is 17.4. The first-order valence-corrected chi connectivity index (χ1v) is 6.09. The van der Waals surface area contributed by atoms with E-state index in [0.29, 0.717) is 16.9 Å². The molecule has 1 aromatic carbocycles. The molecule has 0 aliphatic carbocycles. The summed E-state index contributed by atoms with van der Waals surface area (Å²) in [5.74, 6) is 5.19. The highest BCUT2D eigenvalue weighted by Gasteiger charge is 2.04. The van der Waals surface area contributed by atoms with Crippen LogP contribution in [0.5, 0.6) is 5.75 Å². The third kappa shape index (κ3) is 4.04. The summed E-state index contributed by atoms with van der Waals surface area (Å²) in [5.41, 5.74) is 1.29. The Balaban J connectivity index is 2.08.